The molecule has 0 spiro atoms. The third kappa shape index (κ3) is 1.22. The van der Waals surface area contributed by atoms with Gasteiger partial charge in [0.25, 0.3) is 0 Å². The maximum Gasteiger partial charge on any atom is 0.228 e. The SMILES string of the molecule is Cc1ncc(N2CCCC2=O)n1C. The van der Waals surface area contributed by atoms with Crippen molar-refractivity contribution in [2.75, 3.05) is 11.4 Å². The molecule has 4 nitrogen and oxygen atoms in total. The van der Waals surface area contributed by atoms with Crippen molar-refractivity contribution in [3.8, 4) is 0 Å². The van der Waals surface area contributed by atoms with Crippen LogP contribution in [0.4, 0.5) is 5.82 Å². The van der Waals surface area contributed by atoms with Gasteiger partial charge >= 0.3 is 0 Å². The molecule has 4 heteroatoms. The average molecular weight is 179 g/mol. The Morgan fingerprint density at radius 3 is 2.77 bits per heavy atom. The number of imidazole rings is 1. The summed E-state index contributed by atoms with van der Waals surface area (Å²) in [6.45, 7) is 2.77. The number of aryl methyl sites for hydroxylation is 1. The molecule has 70 valence electrons. The molecule has 0 unspecified atom stereocenters. The summed E-state index contributed by atoms with van der Waals surface area (Å²) in [5, 5.41) is 0. The molecule has 13 heavy (non-hydrogen) atoms. The third-order valence-corrected chi connectivity index (χ3v) is 2.55. The Kier molecular flexibility index (Phi) is 1.83. The van der Waals surface area contributed by atoms with Crippen molar-refractivity contribution in [3.63, 3.8) is 0 Å². The largest absolute Gasteiger partial charge is 0.318 e. The van der Waals surface area contributed by atoms with Crippen LogP contribution in [-0.4, -0.2) is 22.0 Å². The van der Waals surface area contributed by atoms with E-state index >= 15 is 0 Å². The highest BCUT2D eigenvalue weighted by Crippen LogP contribution is 2.20. The Hall–Kier alpha value is -1.32. The normalized spacial score (nSPS) is 17.1. The Morgan fingerprint density at radius 1 is 1.54 bits per heavy atom. The van der Waals surface area contributed by atoms with Crippen LogP contribution < -0.4 is 4.90 Å². The Labute approximate surface area is 77.2 Å². The van der Waals surface area contributed by atoms with Crippen molar-refractivity contribution >= 4 is 11.7 Å². The summed E-state index contributed by atoms with van der Waals surface area (Å²) in [4.78, 5) is 17.4. The summed E-state index contributed by atoms with van der Waals surface area (Å²) in [5.74, 6) is 2.07. The first-order chi connectivity index (χ1) is 6.20. The Morgan fingerprint density at radius 2 is 2.31 bits per heavy atom. The molecule has 0 saturated carbocycles. The van der Waals surface area contributed by atoms with Gasteiger partial charge in [-0.25, -0.2) is 4.98 Å². The highest BCUT2D eigenvalue weighted by Gasteiger charge is 2.24. The van der Waals surface area contributed by atoms with E-state index in [1.807, 2.05) is 18.5 Å². The number of carbonyl (C=O) groups is 1. The first-order valence-electron chi connectivity index (χ1n) is 4.49. The van der Waals surface area contributed by atoms with Crippen LogP contribution in [0.15, 0.2) is 6.20 Å². The third-order valence-electron chi connectivity index (χ3n) is 2.55. The van der Waals surface area contributed by atoms with E-state index in [2.05, 4.69) is 4.98 Å². The molecule has 1 aromatic rings. The van der Waals surface area contributed by atoms with E-state index in [1.165, 1.54) is 0 Å². The molecule has 1 saturated heterocycles. The van der Waals surface area contributed by atoms with E-state index in [1.54, 1.807) is 11.1 Å². The molecule has 0 aliphatic carbocycles. The van der Waals surface area contributed by atoms with Crippen molar-refractivity contribution < 1.29 is 4.79 Å². The molecule has 0 atom stereocenters. The van der Waals surface area contributed by atoms with Crippen LogP contribution in [0.5, 0.6) is 0 Å². The minimum Gasteiger partial charge on any atom is -0.318 e. The zero-order chi connectivity index (χ0) is 9.42. The zero-order valence-corrected chi connectivity index (χ0v) is 7.95. The lowest BCUT2D eigenvalue weighted by Crippen LogP contribution is -2.25. The first-order valence-corrected chi connectivity index (χ1v) is 4.49. The number of aromatic nitrogens is 2. The second-order valence-corrected chi connectivity index (χ2v) is 3.37. The summed E-state index contributed by atoms with van der Waals surface area (Å²) < 4.78 is 1.95. The lowest BCUT2D eigenvalue weighted by Gasteiger charge is -2.15. The Balaban J connectivity index is 2.34. The molecule has 2 rings (SSSR count). The highest BCUT2D eigenvalue weighted by atomic mass is 16.2. The van der Waals surface area contributed by atoms with Gasteiger partial charge in [-0.1, -0.05) is 0 Å². The van der Waals surface area contributed by atoms with E-state index in [-0.39, 0.29) is 5.91 Å². The van der Waals surface area contributed by atoms with Gasteiger partial charge in [0.1, 0.15) is 11.6 Å². The number of rotatable bonds is 1. The number of hydrogen-bond acceptors (Lipinski definition) is 2. The molecular weight excluding hydrogens is 166 g/mol. The van der Waals surface area contributed by atoms with Gasteiger partial charge < -0.3 is 4.57 Å². The number of carbonyl (C=O) groups excluding carboxylic acids is 1. The fraction of sp³-hybridized carbons (Fsp3) is 0.556. The molecule has 1 amide bonds. The lowest BCUT2D eigenvalue weighted by atomic mass is 10.4. The van der Waals surface area contributed by atoms with Crippen molar-refractivity contribution in [3.05, 3.63) is 12.0 Å². The molecule has 1 aliphatic rings. The van der Waals surface area contributed by atoms with Crippen LogP contribution in [-0.2, 0) is 11.8 Å². The highest BCUT2D eigenvalue weighted by molar-refractivity contribution is 5.94. The van der Waals surface area contributed by atoms with Crippen molar-refractivity contribution in [1.29, 1.82) is 0 Å². The summed E-state index contributed by atoms with van der Waals surface area (Å²) in [6.07, 6.45) is 3.39. The van der Waals surface area contributed by atoms with Gasteiger partial charge in [0.05, 0.1) is 6.20 Å². The minimum atomic E-state index is 0.211. The minimum absolute atomic E-state index is 0.211. The van der Waals surface area contributed by atoms with Crippen molar-refractivity contribution in [1.82, 2.24) is 9.55 Å². The van der Waals surface area contributed by atoms with Gasteiger partial charge in [-0.2, -0.15) is 0 Å². The molecule has 0 bridgehead atoms. The van der Waals surface area contributed by atoms with Crippen molar-refractivity contribution in [2.45, 2.75) is 19.8 Å². The second kappa shape index (κ2) is 2.87. The monoisotopic (exact) mass is 179 g/mol. The van der Waals surface area contributed by atoms with E-state index in [0.717, 1.165) is 24.6 Å². The van der Waals surface area contributed by atoms with Gasteiger partial charge in [-0.15, -0.1) is 0 Å². The summed E-state index contributed by atoms with van der Waals surface area (Å²) in [5.41, 5.74) is 0. The smallest absolute Gasteiger partial charge is 0.228 e. The molecule has 0 aromatic carbocycles. The Bertz CT molecular complexity index is 343. The van der Waals surface area contributed by atoms with Crippen LogP contribution in [0.1, 0.15) is 18.7 Å². The topological polar surface area (TPSA) is 38.1 Å². The van der Waals surface area contributed by atoms with Gasteiger partial charge in [-0.05, 0) is 13.3 Å². The lowest BCUT2D eigenvalue weighted by molar-refractivity contribution is -0.117. The molecule has 1 aromatic heterocycles. The van der Waals surface area contributed by atoms with Gasteiger partial charge in [0.15, 0.2) is 0 Å². The maximum absolute atomic E-state index is 11.4. The molecule has 0 radical (unpaired) electrons. The van der Waals surface area contributed by atoms with E-state index < -0.39 is 0 Å². The van der Waals surface area contributed by atoms with Crippen LogP contribution in [0.3, 0.4) is 0 Å². The van der Waals surface area contributed by atoms with E-state index in [9.17, 15) is 4.79 Å². The number of amides is 1. The maximum atomic E-state index is 11.4. The number of anilines is 1. The van der Waals surface area contributed by atoms with Crippen LogP contribution in [0, 0.1) is 6.92 Å². The van der Waals surface area contributed by atoms with E-state index in [0.29, 0.717) is 6.42 Å². The predicted octanol–water partition coefficient (Wildman–Crippen LogP) is 0.855. The van der Waals surface area contributed by atoms with Crippen LogP contribution >= 0.6 is 0 Å². The summed E-state index contributed by atoms with van der Waals surface area (Å²) >= 11 is 0. The average Bonchev–Trinajstić information content (AvgIpc) is 2.62. The van der Waals surface area contributed by atoms with Gasteiger partial charge in [-0.3, -0.25) is 9.69 Å². The fourth-order valence-electron chi connectivity index (χ4n) is 1.63. The summed E-state index contributed by atoms with van der Waals surface area (Å²) in [7, 11) is 1.93. The molecule has 2 heterocycles. The van der Waals surface area contributed by atoms with Crippen LogP contribution in [0.2, 0.25) is 0 Å². The van der Waals surface area contributed by atoms with Gasteiger partial charge in [0.2, 0.25) is 5.91 Å². The van der Waals surface area contributed by atoms with Gasteiger partial charge in [0, 0.05) is 20.0 Å². The molecule has 1 fully saturated rings. The fourth-order valence-corrected chi connectivity index (χ4v) is 1.63. The number of nitrogens with zero attached hydrogens (tertiary/aromatic N) is 3. The predicted molar refractivity (Wildman–Crippen MR) is 49.5 cm³/mol. The standard InChI is InChI=1S/C9H13N3O/c1-7-10-6-8(11(7)2)12-5-3-4-9(12)13/h6H,3-5H2,1-2H3. The van der Waals surface area contributed by atoms with E-state index in [4.69, 9.17) is 0 Å². The molecular formula is C9H13N3O. The molecule has 0 N–H and O–H groups in total. The second-order valence-electron chi connectivity index (χ2n) is 3.37. The van der Waals surface area contributed by atoms with Crippen LogP contribution in [0.25, 0.3) is 0 Å². The first kappa shape index (κ1) is 8.29. The zero-order valence-electron chi connectivity index (χ0n) is 7.95. The number of hydrogen-bond donors (Lipinski definition) is 0. The molecule has 1 aliphatic heterocycles. The summed E-state index contributed by atoms with van der Waals surface area (Å²) in [6, 6.07) is 0. The van der Waals surface area contributed by atoms with Crippen molar-refractivity contribution in [2.24, 2.45) is 7.05 Å². The quantitative estimate of drug-likeness (QED) is 0.641.